The molecule has 1 aromatic carbocycles. The molecule has 0 amide bonds. The Bertz CT molecular complexity index is 757. The number of halogens is 1. The summed E-state index contributed by atoms with van der Waals surface area (Å²) in [7, 11) is 5.29. The highest BCUT2D eigenvalue weighted by atomic mass is 127. The molecule has 1 N–H and O–H groups in total. The highest BCUT2D eigenvalue weighted by Gasteiger charge is 2.32. The molecule has 180 valence electrons. The van der Waals surface area contributed by atoms with Gasteiger partial charge in [0.25, 0.3) is 0 Å². The molecule has 9 heteroatoms. The van der Waals surface area contributed by atoms with E-state index < -0.39 is 0 Å². The van der Waals surface area contributed by atoms with Crippen LogP contribution >= 0.6 is 24.0 Å². The van der Waals surface area contributed by atoms with Crippen molar-refractivity contribution >= 4 is 29.9 Å². The lowest BCUT2D eigenvalue weighted by Crippen LogP contribution is -2.55. The zero-order chi connectivity index (χ0) is 21.6. The molecule has 2 atom stereocenters. The number of nitrogens with one attached hydrogen (secondary N) is 1. The third-order valence-corrected chi connectivity index (χ3v) is 6.71. The molecule has 3 saturated heterocycles. The number of benzene rings is 1. The van der Waals surface area contributed by atoms with Gasteiger partial charge in [-0.25, -0.2) is 0 Å². The van der Waals surface area contributed by atoms with E-state index in [-0.39, 0.29) is 30.1 Å². The Balaban J connectivity index is 0.00000289. The van der Waals surface area contributed by atoms with Crippen molar-refractivity contribution in [3.8, 4) is 11.5 Å². The summed E-state index contributed by atoms with van der Waals surface area (Å²) in [5.41, 5.74) is 1.16. The Morgan fingerprint density at radius 2 is 1.97 bits per heavy atom. The first kappa shape index (κ1) is 25.3. The van der Waals surface area contributed by atoms with Gasteiger partial charge in [0.1, 0.15) is 11.5 Å². The normalized spacial score (nSPS) is 24.6. The van der Waals surface area contributed by atoms with E-state index in [0.29, 0.717) is 6.04 Å². The fourth-order valence-electron chi connectivity index (χ4n) is 4.91. The summed E-state index contributed by atoms with van der Waals surface area (Å²) in [6, 6.07) is 6.64. The molecule has 0 aromatic heterocycles. The molecule has 0 aliphatic carbocycles. The molecule has 0 saturated carbocycles. The average Bonchev–Trinajstić information content (AvgIpc) is 3.28. The first-order valence-corrected chi connectivity index (χ1v) is 11.4. The fourth-order valence-corrected chi connectivity index (χ4v) is 4.91. The standard InChI is InChI=1S/C23H37N5O3.HI/c1-24-23(25-14-21-16-28-8-4-5-19(28)17-31-21)27-11-9-26(10-12-27)15-18-13-20(29-2)6-7-22(18)30-3;/h6-7,13,19,21H,4-5,8-12,14-17H2,1-3H3,(H,24,25);1H. The van der Waals surface area contributed by atoms with Crippen molar-refractivity contribution in [1.29, 1.82) is 0 Å². The van der Waals surface area contributed by atoms with Crippen LogP contribution in [0.2, 0.25) is 0 Å². The maximum Gasteiger partial charge on any atom is 0.193 e. The van der Waals surface area contributed by atoms with Gasteiger partial charge in [0.15, 0.2) is 5.96 Å². The number of guanidine groups is 1. The highest BCUT2D eigenvalue weighted by molar-refractivity contribution is 14.0. The van der Waals surface area contributed by atoms with Gasteiger partial charge < -0.3 is 24.4 Å². The molecular weight excluding hydrogens is 521 g/mol. The van der Waals surface area contributed by atoms with Gasteiger partial charge in [-0.15, -0.1) is 24.0 Å². The van der Waals surface area contributed by atoms with Crippen molar-refractivity contribution in [2.24, 2.45) is 4.99 Å². The number of rotatable bonds is 6. The number of hydrogen-bond acceptors (Lipinski definition) is 6. The zero-order valence-electron chi connectivity index (χ0n) is 19.6. The second kappa shape index (κ2) is 12.2. The third-order valence-electron chi connectivity index (χ3n) is 6.71. The van der Waals surface area contributed by atoms with Crippen molar-refractivity contribution in [1.82, 2.24) is 20.0 Å². The molecular formula is C23H38IN5O3. The van der Waals surface area contributed by atoms with E-state index in [1.807, 2.05) is 19.2 Å². The average molecular weight is 559 g/mol. The van der Waals surface area contributed by atoms with E-state index in [0.717, 1.165) is 75.4 Å². The molecule has 3 fully saturated rings. The quantitative estimate of drug-likeness (QED) is 0.325. The largest absolute Gasteiger partial charge is 0.497 e. The number of nitrogens with zero attached hydrogens (tertiary/aromatic N) is 4. The van der Waals surface area contributed by atoms with Crippen molar-refractivity contribution in [3.63, 3.8) is 0 Å². The smallest absolute Gasteiger partial charge is 0.193 e. The molecule has 3 aliphatic rings. The van der Waals surface area contributed by atoms with Crippen LogP contribution in [0.15, 0.2) is 23.2 Å². The van der Waals surface area contributed by atoms with Crippen LogP contribution in [0.1, 0.15) is 18.4 Å². The van der Waals surface area contributed by atoms with Gasteiger partial charge in [0.05, 0.1) is 26.9 Å². The van der Waals surface area contributed by atoms with E-state index >= 15 is 0 Å². The molecule has 32 heavy (non-hydrogen) atoms. The zero-order valence-corrected chi connectivity index (χ0v) is 21.9. The van der Waals surface area contributed by atoms with Gasteiger partial charge in [-0.2, -0.15) is 0 Å². The summed E-state index contributed by atoms with van der Waals surface area (Å²) in [5.74, 6) is 2.75. The lowest BCUT2D eigenvalue weighted by atomic mass is 10.1. The second-order valence-electron chi connectivity index (χ2n) is 8.62. The predicted molar refractivity (Wildman–Crippen MR) is 138 cm³/mol. The lowest BCUT2D eigenvalue weighted by molar-refractivity contribution is -0.0455. The minimum atomic E-state index is 0. The van der Waals surface area contributed by atoms with Crippen LogP contribution < -0.4 is 14.8 Å². The first-order valence-electron chi connectivity index (χ1n) is 11.4. The summed E-state index contributed by atoms with van der Waals surface area (Å²) in [5, 5.41) is 3.56. The van der Waals surface area contributed by atoms with Gasteiger partial charge >= 0.3 is 0 Å². The number of morpholine rings is 1. The third kappa shape index (κ3) is 6.18. The molecule has 0 spiro atoms. The second-order valence-corrected chi connectivity index (χ2v) is 8.62. The Hall–Kier alpha value is -1.30. The summed E-state index contributed by atoms with van der Waals surface area (Å²) in [6.45, 7) is 8.66. The summed E-state index contributed by atoms with van der Waals surface area (Å²) in [4.78, 5) is 11.9. The van der Waals surface area contributed by atoms with E-state index in [9.17, 15) is 0 Å². The molecule has 3 aliphatic heterocycles. The molecule has 8 nitrogen and oxygen atoms in total. The van der Waals surface area contributed by atoms with E-state index in [1.54, 1.807) is 14.2 Å². The number of methoxy groups -OCH3 is 2. The van der Waals surface area contributed by atoms with Gasteiger partial charge in [-0.3, -0.25) is 14.8 Å². The van der Waals surface area contributed by atoms with Crippen molar-refractivity contribution in [3.05, 3.63) is 23.8 Å². The van der Waals surface area contributed by atoms with E-state index in [1.165, 1.54) is 19.4 Å². The number of ether oxygens (including phenoxy) is 3. The Morgan fingerprint density at radius 3 is 2.69 bits per heavy atom. The molecule has 3 heterocycles. The van der Waals surface area contributed by atoms with Crippen molar-refractivity contribution in [2.45, 2.75) is 31.5 Å². The van der Waals surface area contributed by atoms with Gasteiger partial charge in [-0.1, -0.05) is 0 Å². The first-order chi connectivity index (χ1) is 15.2. The van der Waals surface area contributed by atoms with E-state index in [2.05, 4.69) is 31.1 Å². The summed E-state index contributed by atoms with van der Waals surface area (Å²) < 4.78 is 17.0. The monoisotopic (exact) mass is 559 g/mol. The minimum Gasteiger partial charge on any atom is -0.497 e. The molecule has 2 unspecified atom stereocenters. The maximum atomic E-state index is 6.09. The SMILES string of the molecule is CN=C(NCC1CN2CCCC2CO1)N1CCN(Cc2cc(OC)ccc2OC)CC1.I. The van der Waals surface area contributed by atoms with E-state index in [4.69, 9.17) is 14.2 Å². The molecule has 0 bridgehead atoms. The number of piperazine rings is 1. The van der Waals surface area contributed by atoms with Crippen LogP contribution in [0.25, 0.3) is 0 Å². The van der Waals surface area contributed by atoms with Crippen LogP contribution in [0.5, 0.6) is 11.5 Å². The minimum absolute atomic E-state index is 0. The Labute approximate surface area is 209 Å². The topological polar surface area (TPSA) is 61.8 Å². The van der Waals surface area contributed by atoms with Crippen LogP contribution in [0.3, 0.4) is 0 Å². The van der Waals surface area contributed by atoms with Crippen LogP contribution in [0, 0.1) is 0 Å². The molecule has 0 radical (unpaired) electrons. The maximum absolute atomic E-state index is 6.09. The molecule has 4 rings (SSSR count). The summed E-state index contributed by atoms with van der Waals surface area (Å²) >= 11 is 0. The number of hydrogen-bond donors (Lipinski definition) is 1. The highest BCUT2D eigenvalue weighted by Crippen LogP contribution is 2.26. The van der Waals surface area contributed by atoms with Gasteiger partial charge in [0.2, 0.25) is 0 Å². The van der Waals surface area contributed by atoms with Crippen LogP contribution in [0.4, 0.5) is 0 Å². The Morgan fingerprint density at radius 1 is 1.16 bits per heavy atom. The molecule has 1 aromatic rings. The van der Waals surface area contributed by atoms with Crippen molar-refractivity contribution < 1.29 is 14.2 Å². The number of fused-ring (bicyclic) bond motifs is 1. The summed E-state index contributed by atoms with van der Waals surface area (Å²) in [6.07, 6.45) is 2.84. The fraction of sp³-hybridized carbons (Fsp3) is 0.696. The Kier molecular flexibility index (Phi) is 9.69. The number of aliphatic imine (C=N–C) groups is 1. The predicted octanol–water partition coefficient (Wildman–Crippen LogP) is 1.88. The van der Waals surface area contributed by atoms with Crippen molar-refractivity contribution in [2.75, 3.05) is 73.7 Å². The lowest BCUT2D eigenvalue weighted by Gasteiger charge is -2.38. The van der Waals surface area contributed by atoms with Crippen LogP contribution in [-0.4, -0.2) is 106 Å². The van der Waals surface area contributed by atoms with Crippen LogP contribution in [-0.2, 0) is 11.3 Å². The van der Waals surface area contributed by atoms with Gasteiger partial charge in [-0.05, 0) is 37.6 Å². The van der Waals surface area contributed by atoms with Gasteiger partial charge in [0, 0.05) is 64.5 Å².